The van der Waals surface area contributed by atoms with Crippen LogP contribution in [0.25, 0.3) is 0 Å². The Bertz CT molecular complexity index is 284. The number of ether oxygens (including phenoxy) is 1. The SMILES string of the molecule is CCC(NC(=O)N1CCOCC1CO)C(=O)O. The molecule has 7 nitrogen and oxygen atoms in total. The van der Waals surface area contributed by atoms with Crippen LogP contribution in [0.1, 0.15) is 13.3 Å². The Balaban J connectivity index is 2.58. The summed E-state index contributed by atoms with van der Waals surface area (Å²) in [7, 11) is 0. The summed E-state index contributed by atoms with van der Waals surface area (Å²) in [6, 6.07) is -1.78. The minimum atomic E-state index is -1.06. The van der Waals surface area contributed by atoms with Crippen LogP contribution >= 0.6 is 0 Å². The number of carboxylic acid groups (broad SMARTS) is 1. The number of rotatable bonds is 4. The first kappa shape index (κ1) is 13.7. The number of nitrogens with zero attached hydrogens (tertiary/aromatic N) is 1. The van der Waals surface area contributed by atoms with Gasteiger partial charge in [-0.1, -0.05) is 6.92 Å². The van der Waals surface area contributed by atoms with Crippen LogP contribution in [-0.2, 0) is 9.53 Å². The molecule has 7 heteroatoms. The summed E-state index contributed by atoms with van der Waals surface area (Å²) in [4.78, 5) is 24.0. The molecular formula is C10H18N2O5. The zero-order valence-corrected chi connectivity index (χ0v) is 9.76. The third-order valence-electron chi connectivity index (χ3n) is 2.70. The third-order valence-corrected chi connectivity index (χ3v) is 2.70. The van der Waals surface area contributed by atoms with Gasteiger partial charge in [-0.05, 0) is 6.42 Å². The van der Waals surface area contributed by atoms with Crippen molar-refractivity contribution in [2.45, 2.75) is 25.4 Å². The number of urea groups is 1. The largest absolute Gasteiger partial charge is 0.480 e. The van der Waals surface area contributed by atoms with Crippen LogP contribution in [0.4, 0.5) is 4.79 Å². The summed E-state index contributed by atoms with van der Waals surface area (Å²) in [5.74, 6) is -1.06. The number of morpholine rings is 1. The number of amides is 2. The molecule has 2 amide bonds. The highest BCUT2D eigenvalue weighted by Crippen LogP contribution is 2.07. The first-order valence-corrected chi connectivity index (χ1v) is 5.58. The molecule has 2 unspecified atom stereocenters. The molecule has 0 aromatic carbocycles. The number of carbonyl (C=O) groups is 2. The van der Waals surface area contributed by atoms with E-state index in [1.165, 1.54) is 4.90 Å². The van der Waals surface area contributed by atoms with Gasteiger partial charge < -0.3 is 25.2 Å². The smallest absolute Gasteiger partial charge is 0.326 e. The molecule has 3 N–H and O–H groups in total. The number of aliphatic hydroxyl groups excluding tert-OH is 1. The van der Waals surface area contributed by atoms with E-state index in [-0.39, 0.29) is 13.2 Å². The Kier molecular flexibility index (Phi) is 5.17. The topological polar surface area (TPSA) is 99.1 Å². The Hall–Kier alpha value is -1.34. The summed E-state index contributed by atoms with van der Waals surface area (Å²) in [5.41, 5.74) is 0. The van der Waals surface area contributed by atoms with Crippen molar-refractivity contribution < 1.29 is 24.5 Å². The van der Waals surface area contributed by atoms with Gasteiger partial charge >= 0.3 is 12.0 Å². The normalized spacial score (nSPS) is 22.0. The van der Waals surface area contributed by atoms with Crippen molar-refractivity contribution in [3.05, 3.63) is 0 Å². The summed E-state index contributed by atoms with van der Waals surface area (Å²) in [6.07, 6.45) is 0.315. The first-order valence-electron chi connectivity index (χ1n) is 5.58. The van der Waals surface area contributed by atoms with Gasteiger partial charge in [-0.2, -0.15) is 0 Å². The molecular weight excluding hydrogens is 228 g/mol. The molecule has 0 aromatic heterocycles. The van der Waals surface area contributed by atoms with Crippen LogP contribution in [0.2, 0.25) is 0 Å². The van der Waals surface area contributed by atoms with Crippen molar-refractivity contribution in [3.63, 3.8) is 0 Å². The van der Waals surface area contributed by atoms with Crippen molar-refractivity contribution in [1.29, 1.82) is 0 Å². The monoisotopic (exact) mass is 246 g/mol. The number of hydrogen-bond acceptors (Lipinski definition) is 4. The lowest BCUT2D eigenvalue weighted by Gasteiger charge is -2.35. The standard InChI is InChI=1S/C10H18N2O5/c1-2-8(9(14)15)11-10(16)12-3-4-17-6-7(12)5-13/h7-8,13H,2-6H2,1H3,(H,11,16)(H,14,15). The number of aliphatic carboxylic acids is 1. The summed E-state index contributed by atoms with van der Waals surface area (Å²) in [5, 5.41) is 20.4. The van der Waals surface area contributed by atoms with Crippen LogP contribution in [0.3, 0.4) is 0 Å². The number of hydrogen-bond donors (Lipinski definition) is 3. The zero-order valence-electron chi connectivity index (χ0n) is 9.76. The van der Waals surface area contributed by atoms with Gasteiger partial charge in [-0.15, -0.1) is 0 Å². The lowest BCUT2D eigenvalue weighted by atomic mass is 10.2. The van der Waals surface area contributed by atoms with Gasteiger partial charge in [0.15, 0.2) is 0 Å². The molecule has 1 rings (SSSR count). The molecule has 1 aliphatic rings. The van der Waals surface area contributed by atoms with Gasteiger partial charge in [-0.25, -0.2) is 9.59 Å². The second-order valence-corrected chi connectivity index (χ2v) is 3.85. The van der Waals surface area contributed by atoms with E-state index in [1.807, 2.05) is 0 Å². The molecule has 0 saturated carbocycles. The average molecular weight is 246 g/mol. The molecule has 0 aliphatic carbocycles. The van der Waals surface area contributed by atoms with E-state index >= 15 is 0 Å². The van der Waals surface area contributed by atoms with E-state index in [2.05, 4.69) is 5.32 Å². The van der Waals surface area contributed by atoms with Crippen LogP contribution < -0.4 is 5.32 Å². The molecule has 0 bridgehead atoms. The molecule has 0 aromatic rings. The van der Waals surface area contributed by atoms with Gasteiger partial charge in [0, 0.05) is 6.54 Å². The lowest BCUT2D eigenvalue weighted by molar-refractivity contribution is -0.139. The van der Waals surface area contributed by atoms with Gasteiger partial charge in [-0.3, -0.25) is 0 Å². The maximum Gasteiger partial charge on any atom is 0.326 e. The Morgan fingerprint density at radius 3 is 2.82 bits per heavy atom. The van der Waals surface area contributed by atoms with Crippen molar-refractivity contribution in [3.8, 4) is 0 Å². The molecule has 1 fully saturated rings. The second kappa shape index (κ2) is 6.41. The number of aliphatic hydroxyl groups is 1. The Morgan fingerprint density at radius 2 is 2.29 bits per heavy atom. The molecule has 1 saturated heterocycles. The van der Waals surface area contributed by atoms with E-state index < -0.39 is 24.1 Å². The van der Waals surface area contributed by atoms with Crippen LogP contribution in [0.15, 0.2) is 0 Å². The number of nitrogens with one attached hydrogen (secondary N) is 1. The Morgan fingerprint density at radius 1 is 1.59 bits per heavy atom. The van der Waals surface area contributed by atoms with Crippen molar-refractivity contribution in [2.75, 3.05) is 26.4 Å². The fourth-order valence-electron chi connectivity index (χ4n) is 1.64. The van der Waals surface area contributed by atoms with Crippen molar-refractivity contribution in [2.24, 2.45) is 0 Å². The lowest BCUT2D eigenvalue weighted by Crippen LogP contribution is -2.56. The van der Waals surface area contributed by atoms with E-state index in [0.717, 1.165) is 0 Å². The number of carbonyl (C=O) groups excluding carboxylic acids is 1. The van der Waals surface area contributed by atoms with Gasteiger partial charge in [0.1, 0.15) is 6.04 Å². The van der Waals surface area contributed by atoms with E-state index in [0.29, 0.717) is 19.6 Å². The minimum absolute atomic E-state index is 0.197. The summed E-state index contributed by atoms with van der Waals surface area (Å²) >= 11 is 0. The zero-order chi connectivity index (χ0) is 12.8. The quantitative estimate of drug-likeness (QED) is 0.606. The highest BCUT2D eigenvalue weighted by Gasteiger charge is 2.29. The Labute approximate surface area is 99.4 Å². The molecule has 17 heavy (non-hydrogen) atoms. The first-order chi connectivity index (χ1) is 8.10. The fourth-order valence-corrected chi connectivity index (χ4v) is 1.64. The van der Waals surface area contributed by atoms with Crippen LogP contribution in [0, 0.1) is 0 Å². The molecule has 0 spiro atoms. The fraction of sp³-hybridized carbons (Fsp3) is 0.800. The predicted molar refractivity (Wildman–Crippen MR) is 58.6 cm³/mol. The molecule has 2 atom stereocenters. The van der Waals surface area contributed by atoms with Gasteiger partial charge in [0.25, 0.3) is 0 Å². The van der Waals surface area contributed by atoms with Crippen molar-refractivity contribution in [1.82, 2.24) is 10.2 Å². The van der Waals surface area contributed by atoms with Crippen molar-refractivity contribution >= 4 is 12.0 Å². The average Bonchev–Trinajstić information content (AvgIpc) is 2.35. The molecule has 1 aliphatic heterocycles. The second-order valence-electron chi connectivity index (χ2n) is 3.85. The predicted octanol–water partition coefficient (Wildman–Crippen LogP) is -0.748. The van der Waals surface area contributed by atoms with Gasteiger partial charge in [0.05, 0.1) is 25.9 Å². The molecule has 0 radical (unpaired) electrons. The van der Waals surface area contributed by atoms with E-state index in [4.69, 9.17) is 14.9 Å². The maximum atomic E-state index is 11.8. The van der Waals surface area contributed by atoms with E-state index in [1.54, 1.807) is 6.92 Å². The molecule has 1 heterocycles. The maximum absolute atomic E-state index is 11.8. The van der Waals surface area contributed by atoms with Crippen LogP contribution in [-0.4, -0.2) is 65.6 Å². The summed E-state index contributed by atoms with van der Waals surface area (Å²) < 4.78 is 5.13. The van der Waals surface area contributed by atoms with E-state index in [9.17, 15) is 9.59 Å². The highest BCUT2D eigenvalue weighted by molar-refractivity contribution is 5.82. The third kappa shape index (κ3) is 3.57. The number of carboxylic acids is 1. The molecule has 98 valence electrons. The minimum Gasteiger partial charge on any atom is -0.480 e. The van der Waals surface area contributed by atoms with Gasteiger partial charge in [0.2, 0.25) is 0 Å². The van der Waals surface area contributed by atoms with Crippen LogP contribution in [0.5, 0.6) is 0 Å². The summed E-state index contributed by atoms with van der Waals surface area (Å²) in [6.45, 7) is 2.51. The highest BCUT2D eigenvalue weighted by atomic mass is 16.5.